The van der Waals surface area contributed by atoms with Gasteiger partial charge in [-0.1, -0.05) is 13.8 Å². The molecule has 1 aliphatic rings. The zero-order chi connectivity index (χ0) is 8.27. The minimum atomic E-state index is 0.628. The van der Waals surface area contributed by atoms with Gasteiger partial charge in [0, 0.05) is 6.04 Å². The summed E-state index contributed by atoms with van der Waals surface area (Å²) in [6.07, 6.45) is 3.45. The van der Waals surface area contributed by atoms with Crippen molar-refractivity contribution in [1.82, 2.24) is 4.90 Å². The molecule has 64 valence electrons. The van der Waals surface area contributed by atoms with E-state index in [4.69, 9.17) is 0 Å². The summed E-state index contributed by atoms with van der Waals surface area (Å²) >= 11 is 0. The van der Waals surface area contributed by atoms with Crippen LogP contribution in [-0.2, 0) is 4.79 Å². The first-order valence-electron chi connectivity index (χ1n) is 4.47. The molecular formula is C9H17NO. The van der Waals surface area contributed by atoms with E-state index in [1.54, 1.807) is 0 Å². The van der Waals surface area contributed by atoms with Gasteiger partial charge >= 0.3 is 0 Å². The predicted molar refractivity (Wildman–Crippen MR) is 45.5 cm³/mol. The lowest BCUT2D eigenvalue weighted by atomic mass is 10.0. The van der Waals surface area contributed by atoms with Crippen LogP contribution in [0.15, 0.2) is 0 Å². The Labute approximate surface area is 68.6 Å². The van der Waals surface area contributed by atoms with Gasteiger partial charge in [-0.2, -0.15) is 0 Å². The molecule has 0 spiro atoms. The highest BCUT2D eigenvalue weighted by molar-refractivity contribution is 5.52. The Morgan fingerprint density at radius 3 is 2.91 bits per heavy atom. The van der Waals surface area contributed by atoms with Crippen LogP contribution in [0.1, 0.15) is 26.7 Å². The molecule has 1 heterocycles. The van der Waals surface area contributed by atoms with Gasteiger partial charge in [0.25, 0.3) is 0 Å². The highest BCUT2D eigenvalue weighted by atomic mass is 16.1. The van der Waals surface area contributed by atoms with Gasteiger partial charge in [0.05, 0.1) is 6.54 Å². The van der Waals surface area contributed by atoms with Crippen molar-refractivity contribution in [2.75, 3.05) is 13.1 Å². The van der Waals surface area contributed by atoms with E-state index in [-0.39, 0.29) is 0 Å². The number of rotatable bonds is 3. The van der Waals surface area contributed by atoms with Crippen molar-refractivity contribution in [1.29, 1.82) is 0 Å². The van der Waals surface area contributed by atoms with E-state index in [0.29, 0.717) is 12.6 Å². The fourth-order valence-corrected chi connectivity index (χ4v) is 2.07. The normalized spacial score (nSPS) is 32.5. The van der Waals surface area contributed by atoms with Gasteiger partial charge < -0.3 is 4.79 Å². The van der Waals surface area contributed by atoms with Gasteiger partial charge in [-0.25, -0.2) is 0 Å². The molecule has 0 saturated carbocycles. The summed E-state index contributed by atoms with van der Waals surface area (Å²) in [4.78, 5) is 12.6. The number of nitrogens with zero attached hydrogens (tertiary/aromatic N) is 1. The van der Waals surface area contributed by atoms with Crippen LogP contribution in [0.2, 0.25) is 0 Å². The topological polar surface area (TPSA) is 20.3 Å². The lowest BCUT2D eigenvalue weighted by molar-refractivity contribution is -0.109. The van der Waals surface area contributed by atoms with Crippen LogP contribution in [0.25, 0.3) is 0 Å². The van der Waals surface area contributed by atoms with E-state index >= 15 is 0 Å². The maximum Gasteiger partial charge on any atom is 0.133 e. The molecule has 2 heteroatoms. The van der Waals surface area contributed by atoms with Crippen molar-refractivity contribution in [2.45, 2.75) is 32.7 Å². The average Bonchev–Trinajstić information content (AvgIpc) is 2.33. The second kappa shape index (κ2) is 3.86. The molecular weight excluding hydrogens is 138 g/mol. The third-order valence-corrected chi connectivity index (χ3v) is 2.72. The number of carbonyl (C=O) groups excluding carboxylic acids is 1. The van der Waals surface area contributed by atoms with Crippen molar-refractivity contribution in [3.63, 3.8) is 0 Å². The first-order chi connectivity index (χ1) is 5.29. The van der Waals surface area contributed by atoms with Crippen LogP contribution in [0.4, 0.5) is 0 Å². The summed E-state index contributed by atoms with van der Waals surface area (Å²) in [5, 5.41) is 0. The van der Waals surface area contributed by atoms with Gasteiger partial charge in [0.15, 0.2) is 0 Å². The molecule has 0 aromatic rings. The maximum atomic E-state index is 10.3. The van der Waals surface area contributed by atoms with Crippen molar-refractivity contribution in [3.8, 4) is 0 Å². The van der Waals surface area contributed by atoms with Crippen LogP contribution in [0, 0.1) is 5.92 Å². The monoisotopic (exact) mass is 155 g/mol. The molecule has 0 amide bonds. The Balaban J connectivity index is 2.46. The zero-order valence-electron chi connectivity index (χ0n) is 7.42. The van der Waals surface area contributed by atoms with E-state index in [1.807, 2.05) is 0 Å². The van der Waals surface area contributed by atoms with E-state index in [2.05, 4.69) is 18.7 Å². The van der Waals surface area contributed by atoms with Crippen LogP contribution < -0.4 is 0 Å². The molecule has 2 nitrogen and oxygen atoms in total. The highest BCUT2D eigenvalue weighted by Crippen LogP contribution is 2.24. The molecule has 0 bridgehead atoms. The summed E-state index contributed by atoms with van der Waals surface area (Å²) in [7, 11) is 0. The van der Waals surface area contributed by atoms with E-state index in [1.165, 1.54) is 12.8 Å². The summed E-state index contributed by atoms with van der Waals surface area (Å²) in [6, 6.07) is 0.653. The van der Waals surface area contributed by atoms with Crippen molar-refractivity contribution < 1.29 is 4.79 Å². The second-order valence-electron chi connectivity index (χ2n) is 3.40. The number of aldehydes is 1. The Morgan fingerprint density at radius 2 is 2.36 bits per heavy atom. The van der Waals surface area contributed by atoms with Crippen LogP contribution >= 0.6 is 0 Å². The first kappa shape index (κ1) is 8.72. The minimum Gasteiger partial charge on any atom is -0.302 e. The number of likely N-dealkylation sites (tertiary alicyclic amines) is 1. The van der Waals surface area contributed by atoms with Gasteiger partial charge in [-0.3, -0.25) is 4.90 Å². The second-order valence-corrected chi connectivity index (χ2v) is 3.40. The van der Waals surface area contributed by atoms with E-state index in [0.717, 1.165) is 18.7 Å². The van der Waals surface area contributed by atoms with Crippen molar-refractivity contribution in [3.05, 3.63) is 0 Å². The molecule has 0 aliphatic carbocycles. The molecule has 0 aromatic heterocycles. The predicted octanol–water partition coefficient (Wildman–Crippen LogP) is 1.31. The average molecular weight is 155 g/mol. The lowest BCUT2D eigenvalue weighted by Gasteiger charge is -2.23. The van der Waals surface area contributed by atoms with Crippen molar-refractivity contribution >= 4 is 6.29 Å². The third kappa shape index (κ3) is 1.80. The number of hydrogen-bond donors (Lipinski definition) is 0. The molecule has 2 atom stereocenters. The third-order valence-electron chi connectivity index (χ3n) is 2.72. The minimum absolute atomic E-state index is 0.628. The largest absolute Gasteiger partial charge is 0.302 e. The molecule has 0 aromatic carbocycles. The summed E-state index contributed by atoms with van der Waals surface area (Å²) in [6.45, 7) is 6.21. The maximum absolute atomic E-state index is 10.3. The Kier molecular flexibility index (Phi) is 3.06. The van der Waals surface area contributed by atoms with E-state index < -0.39 is 0 Å². The van der Waals surface area contributed by atoms with Gasteiger partial charge in [-0.05, 0) is 25.3 Å². The molecule has 0 radical (unpaired) electrons. The quantitative estimate of drug-likeness (QED) is 0.573. The van der Waals surface area contributed by atoms with Crippen LogP contribution in [0.3, 0.4) is 0 Å². The standard InChI is InChI=1S/C9H17NO/c1-3-9-8(2)4-5-10(9)6-7-11/h7-9H,3-6H2,1-2H3. The van der Waals surface area contributed by atoms with Gasteiger partial charge in [0.2, 0.25) is 0 Å². The number of hydrogen-bond acceptors (Lipinski definition) is 2. The first-order valence-corrected chi connectivity index (χ1v) is 4.47. The molecule has 11 heavy (non-hydrogen) atoms. The summed E-state index contributed by atoms with van der Waals surface area (Å²) in [5.41, 5.74) is 0. The molecule has 1 fully saturated rings. The number of carbonyl (C=O) groups is 1. The fourth-order valence-electron chi connectivity index (χ4n) is 2.07. The molecule has 2 unspecified atom stereocenters. The Hall–Kier alpha value is -0.370. The lowest BCUT2D eigenvalue weighted by Crippen LogP contribution is -2.32. The molecule has 1 saturated heterocycles. The zero-order valence-corrected chi connectivity index (χ0v) is 7.42. The Bertz CT molecular complexity index is 136. The molecule has 1 aliphatic heterocycles. The Morgan fingerprint density at radius 1 is 1.64 bits per heavy atom. The fraction of sp³-hybridized carbons (Fsp3) is 0.889. The highest BCUT2D eigenvalue weighted by Gasteiger charge is 2.28. The van der Waals surface area contributed by atoms with Crippen molar-refractivity contribution in [2.24, 2.45) is 5.92 Å². The smallest absolute Gasteiger partial charge is 0.133 e. The summed E-state index contributed by atoms with van der Waals surface area (Å²) in [5.74, 6) is 0.778. The van der Waals surface area contributed by atoms with Crippen LogP contribution in [-0.4, -0.2) is 30.3 Å². The van der Waals surface area contributed by atoms with Crippen LogP contribution in [0.5, 0.6) is 0 Å². The molecule has 0 N–H and O–H groups in total. The van der Waals surface area contributed by atoms with E-state index in [9.17, 15) is 4.79 Å². The molecule has 1 rings (SSSR count). The van der Waals surface area contributed by atoms with Gasteiger partial charge in [0.1, 0.15) is 6.29 Å². The van der Waals surface area contributed by atoms with Gasteiger partial charge in [-0.15, -0.1) is 0 Å². The SMILES string of the molecule is CCC1C(C)CCN1CC=O. The summed E-state index contributed by atoms with van der Waals surface area (Å²) < 4.78 is 0.